The van der Waals surface area contributed by atoms with E-state index in [0.717, 1.165) is 29.7 Å². The van der Waals surface area contributed by atoms with Crippen LogP contribution in [-0.4, -0.2) is 37.1 Å². The molecule has 3 nitrogen and oxygen atoms in total. The van der Waals surface area contributed by atoms with E-state index in [9.17, 15) is 0 Å². The summed E-state index contributed by atoms with van der Waals surface area (Å²) in [6.07, 6.45) is 8.41. The van der Waals surface area contributed by atoms with Crippen molar-refractivity contribution in [1.29, 1.82) is 0 Å². The number of benzene rings is 1. The van der Waals surface area contributed by atoms with Gasteiger partial charge in [0.15, 0.2) is 0 Å². The van der Waals surface area contributed by atoms with E-state index in [1.807, 2.05) is 30.5 Å². The van der Waals surface area contributed by atoms with Crippen LogP contribution in [0.25, 0.3) is 10.9 Å². The number of nitrogens with zero attached hydrogens (tertiary/aromatic N) is 2. The summed E-state index contributed by atoms with van der Waals surface area (Å²) in [6, 6.07) is 7.80. The van der Waals surface area contributed by atoms with Crippen molar-refractivity contribution in [3.8, 4) is 0 Å². The Kier molecular flexibility index (Phi) is 4.84. The lowest BCUT2D eigenvalue weighted by Crippen LogP contribution is -2.19. The van der Waals surface area contributed by atoms with E-state index >= 15 is 0 Å². The van der Waals surface area contributed by atoms with Gasteiger partial charge in [-0.3, -0.25) is 4.98 Å². The molecule has 5 radical (unpaired) electrons. The summed E-state index contributed by atoms with van der Waals surface area (Å²) in [5, 5.41) is 5.29. The largest absolute Gasteiger partial charge is 0.384 e. The zero-order chi connectivity index (χ0) is 15.5. The predicted molar refractivity (Wildman–Crippen MR) is 93.2 cm³/mol. The molecule has 1 heterocycles. The molecule has 1 N–H and O–H groups in total. The van der Waals surface area contributed by atoms with E-state index in [1.54, 1.807) is 0 Å². The lowest BCUT2D eigenvalue weighted by molar-refractivity contribution is 0.431. The van der Waals surface area contributed by atoms with Gasteiger partial charge in [0.05, 0.1) is 5.52 Å². The molecule has 0 saturated heterocycles. The molecule has 1 aliphatic carbocycles. The summed E-state index contributed by atoms with van der Waals surface area (Å²) in [6.45, 7) is 1.77. The molecule has 0 bridgehead atoms. The van der Waals surface area contributed by atoms with Crippen LogP contribution in [-0.2, 0) is 0 Å². The van der Waals surface area contributed by atoms with Gasteiger partial charge in [0.1, 0.15) is 0 Å². The highest BCUT2D eigenvalue weighted by Gasteiger charge is 2.26. The number of hydrogen-bond acceptors (Lipinski definition) is 3. The first-order valence-electron chi connectivity index (χ1n) is 7.29. The molecule has 0 amide bonds. The maximum atomic E-state index is 6.02. The van der Waals surface area contributed by atoms with Crippen LogP contribution in [0, 0.1) is 31.1 Å². The van der Waals surface area contributed by atoms with E-state index in [4.69, 9.17) is 11.6 Å². The number of aromatic nitrogens is 1. The average molecular weight is 313 g/mol. The molecule has 1 aliphatic rings. The zero-order valence-corrected chi connectivity index (χ0v) is 13.6. The third-order valence-electron chi connectivity index (χ3n) is 3.57. The maximum absolute atomic E-state index is 6.02. The van der Waals surface area contributed by atoms with Crippen LogP contribution in [0.4, 0.5) is 5.69 Å². The molecule has 0 spiro atoms. The summed E-state index contributed by atoms with van der Waals surface area (Å²) in [5.41, 5.74) is 1.99. The van der Waals surface area contributed by atoms with Gasteiger partial charge in [0, 0.05) is 41.3 Å². The smallest absolute Gasteiger partial charge is 0.0737 e. The Bertz CT molecular complexity index is 641. The van der Waals surface area contributed by atoms with Crippen LogP contribution >= 0.6 is 11.6 Å². The first-order valence-corrected chi connectivity index (χ1v) is 7.67. The second-order valence-corrected chi connectivity index (χ2v) is 6.18. The van der Waals surface area contributed by atoms with E-state index in [1.165, 1.54) is 11.8 Å². The van der Waals surface area contributed by atoms with Crippen molar-refractivity contribution in [2.45, 2.75) is 0 Å². The van der Waals surface area contributed by atoms with Crippen molar-refractivity contribution in [2.24, 2.45) is 0 Å². The highest BCUT2D eigenvalue weighted by molar-refractivity contribution is 6.31. The Morgan fingerprint density at radius 2 is 1.95 bits per heavy atom. The van der Waals surface area contributed by atoms with Crippen molar-refractivity contribution in [3.63, 3.8) is 0 Å². The van der Waals surface area contributed by atoms with Crippen LogP contribution in [0.1, 0.15) is 0 Å². The normalized spacial score (nSPS) is 16.7. The van der Waals surface area contributed by atoms with Crippen molar-refractivity contribution in [1.82, 2.24) is 9.88 Å². The topological polar surface area (TPSA) is 28.2 Å². The Morgan fingerprint density at radius 1 is 1.14 bits per heavy atom. The van der Waals surface area contributed by atoms with E-state index < -0.39 is 0 Å². The molecular weight excluding hydrogens is 294 g/mol. The van der Waals surface area contributed by atoms with Gasteiger partial charge in [-0.15, -0.1) is 0 Å². The molecule has 2 aromatic rings. The SMILES string of the molecule is CN(C)C[C]1[CH][CH][C](CNc2ccnc3cc(Cl)ccc23)[CH]1. The Labute approximate surface area is 137 Å². The Hall–Kier alpha value is -1.32. The van der Waals surface area contributed by atoms with Crippen molar-refractivity contribution >= 4 is 28.2 Å². The number of rotatable bonds is 5. The number of anilines is 1. The lowest BCUT2D eigenvalue weighted by Gasteiger charge is -2.16. The van der Waals surface area contributed by atoms with Gasteiger partial charge in [-0.2, -0.15) is 0 Å². The highest BCUT2D eigenvalue weighted by atomic mass is 35.5. The van der Waals surface area contributed by atoms with E-state index in [2.05, 4.69) is 48.6 Å². The van der Waals surface area contributed by atoms with Gasteiger partial charge in [0.2, 0.25) is 0 Å². The fourth-order valence-corrected chi connectivity index (χ4v) is 2.76. The zero-order valence-electron chi connectivity index (χ0n) is 12.8. The first kappa shape index (κ1) is 15.6. The molecule has 22 heavy (non-hydrogen) atoms. The van der Waals surface area contributed by atoms with Crippen LogP contribution in [0.3, 0.4) is 0 Å². The second kappa shape index (κ2) is 6.84. The monoisotopic (exact) mass is 312 g/mol. The summed E-state index contributed by atoms with van der Waals surface area (Å²) in [5.74, 6) is 2.63. The molecule has 3 rings (SSSR count). The van der Waals surface area contributed by atoms with Gasteiger partial charge in [0.25, 0.3) is 0 Å². The second-order valence-electron chi connectivity index (χ2n) is 5.74. The van der Waals surface area contributed by atoms with Crippen LogP contribution in [0.2, 0.25) is 5.02 Å². The molecule has 4 heteroatoms. The Balaban J connectivity index is 1.63. The predicted octanol–water partition coefficient (Wildman–Crippen LogP) is 3.64. The fraction of sp³-hybridized carbons (Fsp3) is 0.222. The van der Waals surface area contributed by atoms with E-state index in [0.29, 0.717) is 5.02 Å². The highest BCUT2D eigenvalue weighted by Crippen LogP contribution is 2.32. The third-order valence-corrected chi connectivity index (χ3v) is 3.80. The molecule has 1 aromatic carbocycles. The van der Waals surface area contributed by atoms with Crippen LogP contribution in [0.15, 0.2) is 30.5 Å². The summed E-state index contributed by atoms with van der Waals surface area (Å²) < 4.78 is 0. The molecule has 0 aliphatic heterocycles. The number of hydrogen-bond donors (Lipinski definition) is 1. The summed E-state index contributed by atoms with van der Waals surface area (Å²) in [7, 11) is 4.17. The van der Waals surface area contributed by atoms with Gasteiger partial charge < -0.3 is 10.2 Å². The van der Waals surface area contributed by atoms with Gasteiger partial charge in [-0.25, -0.2) is 0 Å². The van der Waals surface area contributed by atoms with Crippen LogP contribution in [0.5, 0.6) is 0 Å². The molecule has 1 saturated carbocycles. The summed E-state index contributed by atoms with van der Waals surface area (Å²) in [4.78, 5) is 6.54. The fourth-order valence-electron chi connectivity index (χ4n) is 2.59. The lowest BCUT2D eigenvalue weighted by atomic mass is 10.0. The minimum Gasteiger partial charge on any atom is -0.384 e. The minimum atomic E-state index is 0.710. The van der Waals surface area contributed by atoms with Crippen molar-refractivity contribution in [3.05, 3.63) is 66.6 Å². The molecule has 0 unspecified atom stereocenters. The average Bonchev–Trinajstić information content (AvgIpc) is 2.91. The van der Waals surface area contributed by atoms with Gasteiger partial charge in [-0.1, -0.05) is 11.6 Å². The minimum absolute atomic E-state index is 0.710. The Morgan fingerprint density at radius 3 is 2.77 bits per heavy atom. The third kappa shape index (κ3) is 3.71. The quantitative estimate of drug-likeness (QED) is 0.913. The van der Waals surface area contributed by atoms with Crippen molar-refractivity contribution < 1.29 is 0 Å². The summed E-state index contributed by atoms with van der Waals surface area (Å²) >= 11 is 6.02. The van der Waals surface area contributed by atoms with Gasteiger partial charge >= 0.3 is 0 Å². The number of pyridine rings is 1. The molecular formula is C18H19ClN3. The van der Waals surface area contributed by atoms with Crippen molar-refractivity contribution in [2.75, 3.05) is 32.5 Å². The first-order chi connectivity index (χ1) is 10.6. The number of fused-ring (bicyclic) bond motifs is 1. The standard InChI is InChI=1S/C18H19ClN3/c1-22(2)12-14-4-3-13(9-14)11-21-17-7-8-20-18-10-15(19)5-6-16(17)18/h3-10H,11-12H2,1-2H3,(H,20,21). The number of nitrogens with one attached hydrogen (secondary N) is 1. The van der Waals surface area contributed by atoms with Crippen LogP contribution < -0.4 is 5.32 Å². The van der Waals surface area contributed by atoms with E-state index in [-0.39, 0.29) is 0 Å². The number of halogens is 1. The maximum Gasteiger partial charge on any atom is 0.0737 e. The molecule has 0 atom stereocenters. The molecule has 1 fully saturated rings. The molecule has 1 aromatic heterocycles. The van der Waals surface area contributed by atoms with Gasteiger partial charge in [-0.05, 0) is 63.5 Å². The molecule has 113 valence electrons.